The van der Waals surface area contributed by atoms with Gasteiger partial charge in [0, 0.05) is 19.0 Å². The molecule has 2 amide bonds. The maximum absolute atomic E-state index is 12.5. The number of benzene rings is 2. The van der Waals surface area contributed by atoms with Crippen LogP contribution in [0.3, 0.4) is 0 Å². The molecule has 0 unspecified atom stereocenters. The Morgan fingerprint density at radius 3 is 2.54 bits per heavy atom. The lowest BCUT2D eigenvalue weighted by atomic mass is 10.1. The summed E-state index contributed by atoms with van der Waals surface area (Å²) in [5.41, 5.74) is 0.776. The fraction of sp³-hybridized carbons (Fsp3) is 0.176. The molecule has 1 heterocycles. The average molecular weight is 325 g/mol. The lowest BCUT2D eigenvalue weighted by Crippen LogP contribution is -2.25. The third-order valence-electron chi connectivity index (χ3n) is 3.86. The van der Waals surface area contributed by atoms with Gasteiger partial charge in [-0.25, -0.2) is 0 Å². The second-order valence-corrected chi connectivity index (χ2v) is 5.39. The first kappa shape index (κ1) is 15.7. The highest BCUT2D eigenvalue weighted by atomic mass is 16.6. The maximum atomic E-state index is 12.5. The largest absolute Gasteiger partial charge is 0.320 e. The van der Waals surface area contributed by atoms with E-state index in [4.69, 9.17) is 0 Å². The van der Waals surface area contributed by atoms with E-state index in [9.17, 15) is 19.7 Å². The molecule has 1 fully saturated rings. The van der Waals surface area contributed by atoms with Crippen LogP contribution in [-0.2, 0) is 4.79 Å². The van der Waals surface area contributed by atoms with Crippen molar-refractivity contribution >= 4 is 28.9 Å². The molecule has 0 atom stereocenters. The van der Waals surface area contributed by atoms with Gasteiger partial charge < -0.3 is 10.2 Å². The third kappa shape index (κ3) is 2.96. The predicted molar refractivity (Wildman–Crippen MR) is 89.1 cm³/mol. The summed E-state index contributed by atoms with van der Waals surface area (Å²) in [4.78, 5) is 36.5. The first-order valence-corrected chi connectivity index (χ1v) is 7.52. The van der Waals surface area contributed by atoms with Gasteiger partial charge in [0.15, 0.2) is 0 Å². The molecule has 1 aliphatic heterocycles. The van der Waals surface area contributed by atoms with Crippen molar-refractivity contribution in [3.63, 3.8) is 0 Å². The van der Waals surface area contributed by atoms with Gasteiger partial charge in [-0.1, -0.05) is 24.3 Å². The van der Waals surface area contributed by atoms with Crippen molar-refractivity contribution in [1.29, 1.82) is 0 Å². The van der Waals surface area contributed by atoms with Crippen LogP contribution in [0.15, 0.2) is 48.5 Å². The number of hydrogen-bond donors (Lipinski definition) is 1. The van der Waals surface area contributed by atoms with Crippen molar-refractivity contribution in [2.45, 2.75) is 12.8 Å². The average Bonchev–Trinajstić information content (AvgIpc) is 3.01. The van der Waals surface area contributed by atoms with E-state index in [0.29, 0.717) is 24.3 Å². The van der Waals surface area contributed by atoms with Crippen LogP contribution in [0.2, 0.25) is 0 Å². The number of anilines is 2. The molecule has 0 aromatic heterocycles. The van der Waals surface area contributed by atoms with Crippen LogP contribution in [0.1, 0.15) is 23.2 Å². The SMILES string of the molecule is O=C(Nc1ccccc1N1CCCC1=O)c1ccccc1[N+](=O)[O-]. The van der Waals surface area contributed by atoms with Gasteiger partial charge in [0.2, 0.25) is 5.91 Å². The van der Waals surface area contributed by atoms with Gasteiger partial charge in [0.25, 0.3) is 11.6 Å². The summed E-state index contributed by atoms with van der Waals surface area (Å²) in [6, 6.07) is 12.7. The second kappa shape index (κ2) is 6.49. The van der Waals surface area contributed by atoms with Crippen LogP contribution >= 0.6 is 0 Å². The van der Waals surface area contributed by atoms with Crippen molar-refractivity contribution in [1.82, 2.24) is 0 Å². The minimum Gasteiger partial charge on any atom is -0.320 e. The molecule has 1 aliphatic rings. The van der Waals surface area contributed by atoms with Crippen LogP contribution in [0.25, 0.3) is 0 Å². The molecule has 0 saturated carbocycles. The molecule has 122 valence electrons. The van der Waals surface area contributed by atoms with E-state index in [-0.39, 0.29) is 17.2 Å². The Labute approximate surface area is 138 Å². The number of nitrogens with one attached hydrogen (secondary N) is 1. The predicted octanol–water partition coefficient (Wildman–Crippen LogP) is 2.97. The normalized spacial score (nSPS) is 13.8. The maximum Gasteiger partial charge on any atom is 0.282 e. The van der Waals surface area contributed by atoms with Crippen LogP contribution in [0.4, 0.5) is 17.1 Å². The summed E-state index contributed by atoms with van der Waals surface area (Å²) in [6.45, 7) is 0.594. The standard InChI is InChI=1S/C17H15N3O4/c21-16-10-5-11-19(16)15-9-4-2-7-13(15)18-17(22)12-6-1-3-8-14(12)20(23)24/h1-4,6-9H,5,10-11H2,(H,18,22). The molecule has 7 heteroatoms. The van der Waals surface area contributed by atoms with E-state index in [1.807, 2.05) is 0 Å². The van der Waals surface area contributed by atoms with E-state index < -0.39 is 10.8 Å². The van der Waals surface area contributed by atoms with Crippen molar-refractivity contribution < 1.29 is 14.5 Å². The van der Waals surface area contributed by atoms with Gasteiger partial charge in [0.1, 0.15) is 5.56 Å². The lowest BCUT2D eigenvalue weighted by molar-refractivity contribution is -0.385. The molecule has 1 N–H and O–H groups in total. The highest BCUT2D eigenvalue weighted by molar-refractivity contribution is 6.09. The quantitative estimate of drug-likeness (QED) is 0.691. The molecule has 7 nitrogen and oxygen atoms in total. The Kier molecular flexibility index (Phi) is 4.24. The summed E-state index contributed by atoms with van der Waals surface area (Å²) in [5.74, 6) is -0.580. The number of rotatable bonds is 4. The number of amides is 2. The number of nitro benzene ring substituents is 1. The molecular formula is C17H15N3O4. The topological polar surface area (TPSA) is 92.6 Å². The van der Waals surface area contributed by atoms with E-state index in [0.717, 1.165) is 6.42 Å². The van der Waals surface area contributed by atoms with Crippen LogP contribution in [-0.4, -0.2) is 23.3 Å². The summed E-state index contributed by atoms with van der Waals surface area (Å²) < 4.78 is 0. The second-order valence-electron chi connectivity index (χ2n) is 5.39. The molecule has 1 saturated heterocycles. The molecule has 0 spiro atoms. The van der Waals surface area contributed by atoms with E-state index >= 15 is 0 Å². The van der Waals surface area contributed by atoms with Gasteiger partial charge in [0.05, 0.1) is 16.3 Å². The van der Waals surface area contributed by atoms with Crippen molar-refractivity contribution in [3.05, 3.63) is 64.2 Å². The molecule has 24 heavy (non-hydrogen) atoms. The zero-order chi connectivity index (χ0) is 17.1. The number of nitrogens with zero attached hydrogens (tertiary/aromatic N) is 2. The Hall–Kier alpha value is -3.22. The third-order valence-corrected chi connectivity index (χ3v) is 3.86. The number of carbonyl (C=O) groups excluding carboxylic acids is 2. The fourth-order valence-corrected chi connectivity index (χ4v) is 2.73. The van der Waals surface area contributed by atoms with Crippen molar-refractivity contribution in [2.75, 3.05) is 16.8 Å². The van der Waals surface area contributed by atoms with Gasteiger partial charge in [-0.05, 0) is 24.6 Å². The smallest absolute Gasteiger partial charge is 0.282 e. The minimum absolute atomic E-state index is 0.00221. The van der Waals surface area contributed by atoms with Gasteiger partial charge in [-0.2, -0.15) is 0 Å². The van der Waals surface area contributed by atoms with E-state index in [1.54, 1.807) is 35.2 Å². The van der Waals surface area contributed by atoms with Crippen LogP contribution in [0.5, 0.6) is 0 Å². The van der Waals surface area contributed by atoms with Crippen molar-refractivity contribution in [3.8, 4) is 0 Å². The zero-order valence-electron chi connectivity index (χ0n) is 12.8. The minimum atomic E-state index is -0.592. The summed E-state index contributed by atoms with van der Waals surface area (Å²) >= 11 is 0. The number of carbonyl (C=O) groups is 2. The number of hydrogen-bond acceptors (Lipinski definition) is 4. The first-order chi connectivity index (χ1) is 11.6. The fourth-order valence-electron chi connectivity index (χ4n) is 2.73. The number of nitro groups is 1. The molecule has 3 rings (SSSR count). The Morgan fingerprint density at radius 2 is 1.83 bits per heavy atom. The van der Waals surface area contributed by atoms with Crippen molar-refractivity contribution in [2.24, 2.45) is 0 Å². The van der Waals surface area contributed by atoms with Crippen LogP contribution in [0, 0.1) is 10.1 Å². The summed E-state index contributed by atoms with van der Waals surface area (Å²) in [7, 11) is 0. The molecule has 0 radical (unpaired) electrons. The Bertz CT molecular complexity index is 819. The molecule has 0 aliphatic carbocycles. The van der Waals surface area contributed by atoms with Gasteiger partial charge in [-0.15, -0.1) is 0 Å². The molecule has 2 aromatic rings. The zero-order valence-corrected chi connectivity index (χ0v) is 12.8. The van der Waals surface area contributed by atoms with Crippen LogP contribution < -0.4 is 10.2 Å². The summed E-state index contributed by atoms with van der Waals surface area (Å²) in [6.07, 6.45) is 1.25. The summed E-state index contributed by atoms with van der Waals surface area (Å²) in [5, 5.41) is 13.8. The van der Waals surface area contributed by atoms with Gasteiger partial charge in [-0.3, -0.25) is 19.7 Å². The van der Waals surface area contributed by atoms with E-state index in [1.165, 1.54) is 18.2 Å². The monoisotopic (exact) mass is 325 g/mol. The van der Waals surface area contributed by atoms with E-state index in [2.05, 4.69) is 5.32 Å². The molecular weight excluding hydrogens is 310 g/mol. The Morgan fingerprint density at radius 1 is 1.12 bits per heavy atom. The Balaban J connectivity index is 1.91. The lowest BCUT2D eigenvalue weighted by Gasteiger charge is -2.19. The first-order valence-electron chi connectivity index (χ1n) is 7.52. The molecule has 0 bridgehead atoms. The number of para-hydroxylation sites is 3. The highest BCUT2D eigenvalue weighted by Crippen LogP contribution is 2.30. The molecule has 2 aromatic carbocycles. The van der Waals surface area contributed by atoms with Gasteiger partial charge >= 0.3 is 0 Å². The highest BCUT2D eigenvalue weighted by Gasteiger charge is 2.25.